The maximum Gasteiger partial charge on any atom is 0.136 e. The summed E-state index contributed by atoms with van der Waals surface area (Å²) in [6.07, 6.45) is 6.49. The van der Waals surface area contributed by atoms with E-state index in [-0.39, 0.29) is 5.41 Å². The number of hydrogen-bond donors (Lipinski definition) is 0. The van der Waals surface area contributed by atoms with Crippen LogP contribution in [0.5, 0.6) is 0 Å². The zero-order valence-corrected chi connectivity index (χ0v) is 10.2. The first kappa shape index (κ1) is 9.86. The number of rotatable bonds is 2. The fraction of sp³-hybridized carbons (Fsp3) is 0.929. The van der Waals surface area contributed by atoms with Crippen molar-refractivity contribution in [3.05, 3.63) is 0 Å². The highest BCUT2D eigenvalue weighted by atomic mass is 16.1. The molecule has 0 spiro atoms. The Morgan fingerprint density at radius 3 is 2.20 bits per heavy atom. The van der Waals surface area contributed by atoms with Crippen molar-refractivity contribution >= 4 is 5.78 Å². The van der Waals surface area contributed by atoms with Crippen molar-refractivity contribution in [1.82, 2.24) is 0 Å². The Kier molecular flexibility index (Phi) is 1.76. The molecule has 0 aromatic rings. The van der Waals surface area contributed by atoms with Crippen molar-refractivity contribution in [2.45, 2.75) is 52.9 Å². The molecule has 0 aliphatic heterocycles. The average molecular weight is 206 g/mol. The quantitative estimate of drug-likeness (QED) is 0.676. The zero-order valence-electron chi connectivity index (χ0n) is 10.2. The molecule has 3 atom stereocenters. The molecule has 0 heterocycles. The Morgan fingerprint density at radius 2 is 1.80 bits per heavy atom. The largest absolute Gasteiger partial charge is 0.299 e. The van der Waals surface area contributed by atoms with Gasteiger partial charge in [0.2, 0.25) is 0 Å². The van der Waals surface area contributed by atoms with E-state index < -0.39 is 0 Å². The van der Waals surface area contributed by atoms with Crippen molar-refractivity contribution in [3.8, 4) is 0 Å². The summed E-state index contributed by atoms with van der Waals surface area (Å²) in [5.74, 6) is 3.02. The van der Waals surface area contributed by atoms with Crippen LogP contribution in [0, 0.1) is 28.6 Å². The number of carbonyl (C=O) groups excluding carboxylic acids is 1. The molecule has 4 aliphatic rings. The third-order valence-corrected chi connectivity index (χ3v) is 6.06. The van der Waals surface area contributed by atoms with E-state index >= 15 is 0 Å². The molecule has 3 unspecified atom stereocenters. The molecule has 0 radical (unpaired) electrons. The van der Waals surface area contributed by atoms with E-state index in [1.807, 2.05) is 6.92 Å². The van der Waals surface area contributed by atoms with Crippen LogP contribution < -0.4 is 0 Å². The molecule has 0 aromatic carbocycles. The van der Waals surface area contributed by atoms with Gasteiger partial charge in [-0.15, -0.1) is 0 Å². The fourth-order valence-electron chi connectivity index (χ4n) is 4.59. The van der Waals surface area contributed by atoms with Gasteiger partial charge in [-0.05, 0) is 62.2 Å². The Bertz CT molecular complexity index is 309. The van der Waals surface area contributed by atoms with Crippen LogP contribution in [0.25, 0.3) is 0 Å². The molecule has 0 aromatic heterocycles. The van der Waals surface area contributed by atoms with Gasteiger partial charge < -0.3 is 0 Å². The first-order valence-corrected chi connectivity index (χ1v) is 6.49. The number of carbonyl (C=O) groups is 1. The third kappa shape index (κ3) is 1.07. The summed E-state index contributed by atoms with van der Waals surface area (Å²) in [6, 6.07) is 0. The number of Topliss-reactive ketones (excluding diaryl/α,β-unsaturated/α-hetero) is 1. The Morgan fingerprint density at radius 1 is 1.13 bits per heavy atom. The maximum absolute atomic E-state index is 11.8. The molecule has 1 heteroatoms. The molecule has 15 heavy (non-hydrogen) atoms. The standard InChI is InChI=1S/C14H22O/c1-9(15)14(6-7-14)11-5-4-10-8-12(11)13(10,2)3/h10-12H,4-8H2,1-3H3. The van der Waals surface area contributed by atoms with Crippen molar-refractivity contribution in [2.24, 2.45) is 28.6 Å². The molecular formula is C14H22O. The van der Waals surface area contributed by atoms with Crippen molar-refractivity contribution in [1.29, 1.82) is 0 Å². The van der Waals surface area contributed by atoms with Crippen LogP contribution >= 0.6 is 0 Å². The lowest BCUT2D eigenvalue weighted by molar-refractivity contribution is -0.145. The lowest BCUT2D eigenvalue weighted by Gasteiger charge is -2.61. The fourth-order valence-corrected chi connectivity index (χ4v) is 4.59. The molecule has 1 nitrogen and oxygen atoms in total. The van der Waals surface area contributed by atoms with Gasteiger partial charge in [0, 0.05) is 5.41 Å². The van der Waals surface area contributed by atoms with E-state index in [0.717, 1.165) is 17.8 Å². The molecule has 84 valence electrons. The second kappa shape index (κ2) is 2.67. The van der Waals surface area contributed by atoms with Gasteiger partial charge in [0.1, 0.15) is 5.78 Å². The van der Waals surface area contributed by atoms with Crippen LogP contribution in [0.4, 0.5) is 0 Å². The van der Waals surface area contributed by atoms with Gasteiger partial charge in [0.15, 0.2) is 0 Å². The minimum Gasteiger partial charge on any atom is -0.299 e. The van der Waals surface area contributed by atoms with Gasteiger partial charge in [-0.3, -0.25) is 4.79 Å². The van der Waals surface area contributed by atoms with Crippen LogP contribution in [0.2, 0.25) is 0 Å². The van der Waals surface area contributed by atoms with Crippen LogP contribution in [0.15, 0.2) is 0 Å². The highest BCUT2D eigenvalue weighted by Gasteiger charge is 2.64. The monoisotopic (exact) mass is 206 g/mol. The predicted molar refractivity (Wildman–Crippen MR) is 60.5 cm³/mol. The number of ketones is 1. The third-order valence-electron chi connectivity index (χ3n) is 6.06. The van der Waals surface area contributed by atoms with Crippen LogP contribution in [0.3, 0.4) is 0 Å². The lowest BCUT2D eigenvalue weighted by atomic mass is 9.43. The van der Waals surface area contributed by atoms with Crippen molar-refractivity contribution < 1.29 is 4.79 Å². The number of hydrogen-bond acceptors (Lipinski definition) is 1. The number of fused-ring (bicyclic) bond motifs is 2. The van der Waals surface area contributed by atoms with Crippen molar-refractivity contribution in [3.63, 3.8) is 0 Å². The summed E-state index contributed by atoms with van der Waals surface area (Å²) in [6.45, 7) is 6.67. The Labute approximate surface area is 92.6 Å². The highest BCUT2D eigenvalue weighted by Crippen LogP contribution is 2.69. The molecule has 4 rings (SSSR count). The predicted octanol–water partition coefficient (Wildman–Crippen LogP) is 3.43. The summed E-state index contributed by atoms with van der Waals surface area (Å²) < 4.78 is 0. The molecule has 0 amide bonds. The second-order valence-corrected chi connectivity index (χ2v) is 6.76. The Hall–Kier alpha value is -0.330. The first-order chi connectivity index (χ1) is 6.98. The smallest absolute Gasteiger partial charge is 0.136 e. The van der Waals surface area contributed by atoms with Gasteiger partial charge in [0.25, 0.3) is 0 Å². The summed E-state index contributed by atoms with van der Waals surface area (Å²) >= 11 is 0. The molecule has 0 N–H and O–H groups in total. The van der Waals surface area contributed by atoms with E-state index in [1.54, 1.807) is 0 Å². The molecule has 4 aliphatic carbocycles. The van der Waals surface area contributed by atoms with E-state index in [2.05, 4.69) is 13.8 Å². The minimum absolute atomic E-state index is 0.146. The van der Waals surface area contributed by atoms with Crippen LogP contribution in [-0.2, 0) is 4.79 Å². The molecule has 0 saturated heterocycles. The van der Waals surface area contributed by atoms with Gasteiger partial charge >= 0.3 is 0 Å². The molecule has 4 fully saturated rings. The molecular weight excluding hydrogens is 184 g/mol. The SMILES string of the molecule is CC(=O)C1(C2CCC3CC2C3(C)C)CC1. The molecule has 4 saturated carbocycles. The van der Waals surface area contributed by atoms with E-state index in [1.165, 1.54) is 32.1 Å². The van der Waals surface area contributed by atoms with Crippen molar-refractivity contribution in [2.75, 3.05) is 0 Å². The first-order valence-electron chi connectivity index (χ1n) is 6.49. The topological polar surface area (TPSA) is 17.1 Å². The normalized spacial score (nSPS) is 44.3. The van der Waals surface area contributed by atoms with Gasteiger partial charge in [-0.1, -0.05) is 13.8 Å². The van der Waals surface area contributed by atoms with Crippen LogP contribution in [0.1, 0.15) is 52.9 Å². The van der Waals surface area contributed by atoms with Gasteiger partial charge in [-0.25, -0.2) is 0 Å². The maximum atomic E-state index is 11.8. The minimum atomic E-state index is 0.146. The highest BCUT2D eigenvalue weighted by molar-refractivity contribution is 5.85. The molecule has 2 bridgehead atoms. The van der Waals surface area contributed by atoms with E-state index in [0.29, 0.717) is 11.2 Å². The van der Waals surface area contributed by atoms with Gasteiger partial charge in [-0.2, -0.15) is 0 Å². The zero-order chi connectivity index (χ0) is 10.8. The summed E-state index contributed by atoms with van der Waals surface area (Å²) in [5, 5.41) is 0. The van der Waals surface area contributed by atoms with E-state index in [9.17, 15) is 4.79 Å². The Balaban J connectivity index is 1.86. The second-order valence-electron chi connectivity index (χ2n) is 6.76. The summed E-state index contributed by atoms with van der Waals surface area (Å²) in [4.78, 5) is 11.8. The van der Waals surface area contributed by atoms with Gasteiger partial charge in [0.05, 0.1) is 0 Å². The lowest BCUT2D eigenvalue weighted by Crippen LogP contribution is -2.55. The van der Waals surface area contributed by atoms with Crippen LogP contribution in [-0.4, -0.2) is 5.78 Å². The van der Waals surface area contributed by atoms with E-state index in [4.69, 9.17) is 0 Å². The average Bonchev–Trinajstić information content (AvgIpc) is 2.98. The summed E-state index contributed by atoms with van der Waals surface area (Å²) in [7, 11) is 0. The summed E-state index contributed by atoms with van der Waals surface area (Å²) in [5.41, 5.74) is 0.682.